The van der Waals surface area contributed by atoms with Gasteiger partial charge in [0, 0.05) is 26.1 Å². The molecule has 2 heterocycles. The maximum Gasteiger partial charge on any atom is 0.407 e. The molecule has 32 heavy (non-hydrogen) atoms. The summed E-state index contributed by atoms with van der Waals surface area (Å²) >= 11 is 0. The number of hydrogen-bond donors (Lipinski definition) is 4. The summed E-state index contributed by atoms with van der Waals surface area (Å²) in [6.07, 6.45) is 5.70. The number of rotatable bonds is 11. The lowest BCUT2D eigenvalue weighted by molar-refractivity contribution is -0.139. The minimum absolute atomic E-state index is 0.0842. The van der Waals surface area contributed by atoms with Crippen molar-refractivity contribution < 1.29 is 29.0 Å². The molecule has 0 saturated carbocycles. The van der Waals surface area contributed by atoms with Gasteiger partial charge in [0.25, 0.3) is 0 Å². The zero-order valence-corrected chi connectivity index (χ0v) is 19.1. The fourth-order valence-corrected chi connectivity index (χ4v) is 4.11. The van der Waals surface area contributed by atoms with Gasteiger partial charge in [-0.25, -0.2) is 9.59 Å². The molecule has 4 N–H and O–H groups in total. The molecule has 3 amide bonds. The fraction of sp³-hybridized carbons (Fsp3) is 0.818. The molecule has 0 unspecified atom stereocenters. The van der Waals surface area contributed by atoms with Crippen molar-refractivity contribution in [3.8, 4) is 0 Å². The number of carboxylic acid groups (broad SMARTS) is 1. The Balaban J connectivity index is 1.75. The van der Waals surface area contributed by atoms with Crippen molar-refractivity contribution in [2.45, 2.75) is 64.3 Å². The van der Waals surface area contributed by atoms with Crippen LogP contribution in [-0.2, 0) is 19.1 Å². The minimum Gasteiger partial charge on any atom is -0.480 e. The fourth-order valence-electron chi connectivity index (χ4n) is 4.11. The van der Waals surface area contributed by atoms with E-state index in [1.807, 2.05) is 6.92 Å². The SMILES string of the molecule is CCCCOC(=O)N[C@H](CNC(=O)[C@@H]1CCCN(C(=O)CCC2CCNCC2)C1)C(=O)O. The summed E-state index contributed by atoms with van der Waals surface area (Å²) < 4.78 is 4.92. The molecule has 0 aromatic rings. The Bertz CT molecular complexity index is 638. The number of hydrogen-bond acceptors (Lipinski definition) is 6. The van der Waals surface area contributed by atoms with Gasteiger partial charge >= 0.3 is 12.1 Å². The number of likely N-dealkylation sites (tertiary alicyclic amines) is 1. The van der Waals surface area contributed by atoms with Crippen molar-refractivity contribution in [3.63, 3.8) is 0 Å². The van der Waals surface area contributed by atoms with Gasteiger partial charge in [0.1, 0.15) is 6.04 Å². The Hall–Kier alpha value is -2.36. The monoisotopic (exact) mass is 454 g/mol. The van der Waals surface area contributed by atoms with Gasteiger partial charge in [-0.2, -0.15) is 0 Å². The van der Waals surface area contributed by atoms with Crippen LogP contribution in [0.15, 0.2) is 0 Å². The molecule has 2 fully saturated rings. The van der Waals surface area contributed by atoms with Gasteiger partial charge in [0.2, 0.25) is 11.8 Å². The van der Waals surface area contributed by atoms with Crippen molar-refractivity contribution in [1.29, 1.82) is 0 Å². The van der Waals surface area contributed by atoms with E-state index in [0.29, 0.717) is 38.3 Å². The van der Waals surface area contributed by atoms with Crippen LogP contribution in [0.25, 0.3) is 0 Å². The molecule has 2 atom stereocenters. The van der Waals surface area contributed by atoms with E-state index in [4.69, 9.17) is 4.74 Å². The van der Waals surface area contributed by atoms with Crippen LogP contribution in [0.2, 0.25) is 0 Å². The summed E-state index contributed by atoms with van der Waals surface area (Å²) in [6, 6.07) is -1.28. The molecule has 0 aromatic heterocycles. The Morgan fingerprint density at radius 2 is 1.94 bits per heavy atom. The van der Waals surface area contributed by atoms with E-state index < -0.39 is 18.1 Å². The lowest BCUT2D eigenvalue weighted by atomic mass is 9.92. The van der Waals surface area contributed by atoms with Gasteiger partial charge in [-0.3, -0.25) is 9.59 Å². The first-order valence-electron chi connectivity index (χ1n) is 11.8. The quantitative estimate of drug-likeness (QED) is 0.343. The lowest BCUT2D eigenvalue weighted by Gasteiger charge is -2.33. The number of carbonyl (C=O) groups is 4. The van der Waals surface area contributed by atoms with Crippen LogP contribution in [0.4, 0.5) is 4.79 Å². The number of alkyl carbamates (subject to hydrolysis) is 1. The first-order chi connectivity index (χ1) is 15.4. The minimum atomic E-state index is -1.28. The third-order valence-electron chi connectivity index (χ3n) is 6.17. The molecule has 2 aliphatic heterocycles. The zero-order chi connectivity index (χ0) is 23.3. The zero-order valence-electron chi connectivity index (χ0n) is 19.1. The number of aliphatic carboxylic acids is 1. The second-order valence-electron chi connectivity index (χ2n) is 8.68. The van der Waals surface area contributed by atoms with Gasteiger partial charge < -0.3 is 30.7 Å². The first-order valence-corrected chi connectivity index (χ1v) is 11.8. The molecule has 2 rings (SSSR count). The van der Waals surface area contributed by atoms with Crippen LogP contribution < -0.4 is 16.0 Å². The van der Waals surface area contributed by atoms with E-state index in [-0.39, 0.29) is 30.9 Å². The second kappa shape index (κ2) is 13.9. The van der Waals surface area contributed by atoms with Gasteiger partial charge in [0.05, 0.1) is 12.5 Å². The number of carboxylic acids is 1. The molecule has 10 nitrogen and oxygen atoms in total. The normalized spacial score (nSPS) is 20.3. The molecule has 0 aliphatic carbocycles. The van der Waals surface area contributed by atoms with E-state index in [2.05, 4.69) is 16.0 Å². The van der Waals surface area contributed by atoms with Crippen molar-refractivity contribution in [2.24, 2.45) is 11.8 Å². The summed E-state index contributed by atoms with van der Waals surface area (Å²) in [5.74, 6) is -1.26. The van der Waals surface area contributed by atoms with Crippen LogP contribution in [0.5, 0.6) is 0 Å². The number of piperidine rings is 2. The van der Waals surface area contributed by atoms with Gasteiger partial charge in [-0.15, -0.1) is 0 Å². The first kappa shape index (κ1) is 25.9. The predicted octanol–water partition coefficient (Wildman–Crippen LogP) is 1.10. The molecule has 0 aromatic carbocycles. The molecule has 0 radical (unpaired) electrons. The predicted molar refractivity (Wildman–Crippen MR) is 118 cm³/mol. The summed E-state index contributed by atoms with van der Waals surface area (Å²) in [7, 11) is 0. The highest BCUT2D eigenvalue weighted by atomic mass is 16.5. The number of nitrogens with one attached hydrogen (secondary N) is 3. The maximum absolute atomic E-state index is 12.6. The lowest BCUT2D eigenvalue weighted by Crippen LogP contribution is -2.51. The summed E-state index contributed by atoms with van der Waals surface area (Å²) in [6.45, 7) is 4.94. The van der Waals surface area contributed by atoms with Crippen molar-refractivity contribution in [1.82, 2.24) is 20.9 Å². The van der Waals surface area contributed by atoms with E-state index >= 15 is 0 Å². The molecule has 182 valence electrons. The average molecular weight is 455 g/mol. The number of ether oxygens (including phenoxy) is 1. The molecule has 0 spiro atoms. The van der Waals surface area contributed by atoms with Crippen molar-refractivity contribution in [2.75, 3.05) is 39.3 Å². The Kier molecular flexibility index (Phi) is 11.3. The van der Waals surface area contributed by atoms with E-state index in [9.17, 15) is 24.3 Å². The standard InChI is InChI=1S/C22H38N4O6/c1-2-3-13-32-22(31)25-18(21(29)30)14-24-20(28)17-5-4-12-26(15-17)19(27)7-6-16-8-10-23-11-9-16/h16-18,23H,2-15H2,1H3,(H,24,28)(H,25,31)(H,29,30)/t17-,18-/m1/s1. The second-order valence-corrected chi connectivity index (χ2v) is 8.68. The van der Waals surface area contributed by atoms with E-state index in [0.717, 1.165) is 45.2 Å². The van der Waals surface area contributed by atoms with E-state index in [1.165, 1.54) is 0 Å². The number of carbonyl (C=O) groups excluding carboxylic acids is 3. The van der Waals surface area contributed by atoms with Crippen LogP contribution >= 0.6 is 0 Å². The highest BCUT2D eigenvalue weighted by Gasteiger charge is 2.30. The van der Waals surface area contributed by atoms with Crippen molar-refractivity contribution in [3.05, 3.63) is 0 Å². The molecular formula is C22H38N4O6. The summed E-state index contributed by atoms with van der Waals surface area (Å²) in [4.78, 5) is 50.1. The largest absolute Gasteiger partial charge is 0.480 e. The Morgan fingerprint density at radius 3 is 2.62 bits per heavy atom. The van der Waals surface area contributed by atoms with Gasteiger partial charge in [0.15, 0.2) is 0 Å². The molecular weight excluding hydrogens is 416 g/mol. The topological polar surface area (TPSA) is 137 Å². The number of unbranched alkanes of at least 4 members (excludes halogenated alkanes) is 1. The smallest absolute Gasteiger partial charge is 0.407 e. The Labute approximate surface area is 189 Å². The summed E-state index contributed by atoms with van der Waals surface area (Å²) in [5.41, 5.74) is 0. The third kappa shape index (κ3) is 9.02. The van der Waals surface area contributed by atoms with Crippen LogP contribution in [-0.4, -0.2) is 79.3 Å². The van der Waals surface area contributed by atoms with Crippen molar-refractivity contribution >= 4 is 23.9 Å². The van der Waals surface area contributed by atoms with E-state index in [1.54, 1.807) is 4.90 Å². The molecule has 2 saturated heterocycles. The van der Waals surface area contributed by atoms with Crippen LogP contribution in [0.1, 0.15) is 58.3 Å². The van der Waals surface area contributed by atoms with Gasteiger partial charge in [-0.1, -0.05) is 13.3 Å². The third-order valence-corrected chi connectivity index (χ3v) is 6.17. The Morgan fingerprint density at radius 1 is 1.19 bits per heavy atom. The average Bonchev–Trinajstić information content (AvgIpc) is 2.80. The molecule has 10 heteroatoms. The highest BCUT2D eigenvalue weighted by molar-refractivity contribution is 5.83. The van der Waals surface area contributed by atoms with Crippen LogP contribution in [0, 0.1) is 11.8 Å². The summed E-state index contributed by atoms with van der Waals surface area (Å²) in [5, 5.41) is 17.5. The maximum atomic E-state index is 12.6. The van der Waals surface area contributed by atoms with Gasteiger partial charge in [-0.05, 0) is 57.5 Å². The molecule has 2 aliphatic rings. The number of amides is 3. The molecule has 0 bridgehead atoms. The highest BCUT2D eigenvalue weighted by Crippen LogP contribution is 2.21. The number of nitrogens with zero attached hydrogens (tertiary/aromatic N) is 1. The van der Waals surface area contributed by atoms with Crippen LogP contribution in [0.3, 0.4) is 0 Å².